The summed E-state index contributed by atoms with van der Waals surface area (Å²) < 4.78 is 0. The Morgan fingerprint density at radius 3 is 2.61 bits per heavy atom. The summed E-state index contributed by atoms with van der Waals surface area (Å²) in [4.78, 5) is 27.0. The van der Waals surface area contributed by atoms with E-state index in [2.05, 4.69) is 5.32 Å². The van der Waals surface area contributed by atoms with Crippen LogP contribution in [0.1, 0.15) is 27.5 Å². The molecule has 2 aromatic rings. The number of carbonyl (C=O) groups is 2. The minimum absolute atomic E-state index is 0.161. The molecule has 1 heterocycles. The van der Waals surface area contributed by atoms with Crippen LogP contribution in [0.25, 0.3) is 0 Å². The number of aryl methyl sites for hydroxylation is 1. The number of nitrogens with one attached hydrogen (secondary N) is 1. The van der Waals surface area contributed by atoms with E-state index in [1.54, 1.807) is 29.2 Å². The summed E-state index contributed by atoms with van der Waals surface area (Å²) in [6, 6.07) is 13.9. The molecule has 0 aliphatic carbocycles. The molecule has 0 radical (unpaired) electrons. The number of amides is 2. The van der Waals surface area contributed by atoms with Gasteiger partial charge in [0.1, 0.15) is 6.04 Å². The molecule has 0 aromatic heterocycles. The maximum Gasteiger partial charge on any atom is 0.256 e. The first-order valence-corrected chi connectivity index (χ1v) is 7.86. The predicted molar refractivity (Wildman–Crippen MR) is 89.4 cm³/mol. The van der Waals surface area contributed by atoms with Crippen molar-refractivity contribution in [3.05, 3.63) is 70.2 Å². The molecular weight excluding hydrogens is 312 g/mol. The van der Waals surface area contributed by atoms with E-state index in [9.17, 15) is 9.59 Å². The monoisotopic (exact) mass is 328 g/mol. The van der Waals surface area contributed by atoms with Gasteiger partial charge in [0.2, 0.25) is 5.91 Å². The quantitative estimate of drug-likeness (QED) is 0.921. The van der Waals surface area contributed by atoms with Gasteiger partial charge in [-0.1, -0.05) is 48.0 Å². The SMILES string of the molecule is Cc1ccccc1C1C(=O)NCCN1C(=O)c1ccccc1Cl. The molecular formula is C18H17ClN2O2. The number of piperazine rings is 1. The molecule has 1 saturated heterocycles. The Hall–Kier alpha value is -2.33. The Bertz CT molecular complexity index is 760. The lowest BCUT2D eigenvalue weighted by Crippen LogP contribution is -2.52. The number of hydrogen-bond acceptors (Lipinski definition) is 2. The zero-order valence-corrected chi connectivity index (χ0v) is 13.5. The molecule has 2 aromatic carbocycles. The van der Waals surface area contributed by atoms with Crippen LogP contribution in [0.2, 0.25) is 5.02 Å². The van der Waals surface area contributed by atoms with Crippen LogP contribution in [0, 0.1) is 6.92 Å². The minimum Gasteiger partial charge on any atom is -0.352 e. The van der Waals surface area contributed by atoms with Crippen LogP contribution in [0.4, 0.5) is 0 Å². The van der Waals surface area contributed by atoms with Crippen molar-refractivity contribution < 1.29 is 9.59 Å². The molecule has 23 heavy (non-hydrogen) atoms. The first kappa shape index (κ1) is 15.6. The Morgan fingerprint density at radius 2 is 1.87 bits per heavy atom. The van der Waals surface area contributed by atoms with Gasteiger partial charge in [-0.2, -0.15) is 0 Å². The van der Waals surface area contributed by atoms with E-state index < -0.39 is 6.04 Å². The Labute approximate surface area is 140 Å². The molecule has 0 saturated carbocycles. The van der Waals surface area contributed by atoms with E-state index in [4.69, 9.17) is 11.6 Å². The normalized spacial score (nSPS) is 17.7. The van der Waals surface area contributed by atoms with Gasteiger partial charge in [-0.05, 0) is 30.2 Å². The number of halogens is 1. The van der Waals surface area contributed by atoms with Crippen molar-refractivity contribution in [3.63, 3.8) is 0 Å². The van der Waals surface area contributed by atoms with Crippen LogP contribution in [-0.2, 0) is 4.79 Å². The third-order valence-corrected chi connectivity index (χ3v) is 4.39. The highest BCUT2D eigenvalue weighted by molar-refractivity contribution is 6.33. The van der Waals surface area contributed by atoms with E-state index in [0.717, 1.165) is 11.1 Å². The summed E-state index contributed by atoms with van der Waals surface area (Å²) in [5, 5.41) is 3.24. The smallest absolute Gasteiger partial charge is 0.256 e. The van der Waals surface area contributed by atoms with Crippen molar-refractivity contribution in [2.45, 2.75) is 13.0 Å². The van der Waals surface area contributed by atoms with Gasteiger partial charge in [-0.3, -0.25) is 9.59 Å². The van der Waals surface area contributed by atoms with E-state index in [1.807, 2.05) is 31.2 Å². The molecule has 5 heteroatoms. The maximum absolute atomic E-state index is 12.9. The predicted octanol–water partition coefficient (Wildman–Crippen LogP) is 2.96. The molecule has 0 spiro atoms. The van der Waals surface area contributed by atoms with Crippen molar-refractivity contribution in [3.8, 4) is 0 Å². The lowest BCUT2D eigenvalue weighted by molar-refractivity contribution is -0.128. The van der Waals surface area contributed by atoms with Gasteiger partial charge in [0, 0.05) is 13.1 Å². The molecule has 1 unspecified atom stereocenters. The van der Waals surface area contributed by atoms with Gasteiger partial charge < -0.3 is 10.2 Å². The van der Waals surface area contributed by atoms with E-state index in [1.165, 1.54) is 0 Å². The van der Waals surface area contributed by atoms with Crippen molar-refractivity contribution in [2.24, 2.45) is 0 Å². The summed E-state index contributed by atoms with van der Waals surface area (Å²) >= 11 is 6.15. The highest BCUT2D eigenvalue weighted by Gasteiger charge is 2.35. The fourth-order valence-corrected chi connectivity index (χ4v) is 3.09. The molecule has 1 aliphatic rings. The van der Waals surface area contributed by atoms with Gasteiger partial charge in [-0.15, -0.1) is 0 Å². The van der Waals surface area contributed by atoms with Crippen molar-refractivity contribution in [2.75, 3.05) is 13.1 Å². The molecule has 1 N–H and O–H groups in total. The maximum atomic E-state index is 12.9. The fraction of sp³-hybridized carbons (Fsp3) is 0.222. The average molecular weight is 329 g/mol. The van der Waals surface area contributed by atoms with Crippen molar-refractivity contribution >= 4 is 23.4 Å². The molecule has 3 rings (SSSR count). The Kier molecular flexibility index (Phi) is 4.35. The second kappa shape index (κ2) is 6.42. The third-order valence-electron chi connectivity index (χ3n) is 4.06. The average Bonchev–Trinajstić information content (AvgIpc) is 2.55. The van der Waals surface area contributed by atoms with E-state index in [-0.39, 0.29) is 11.8 Å². The zero-order valence-electron chi connectivity index (χ0n) is 12.8. The lowest BCUT2D eigenvalue weighted by atomic mass is 9.97. The molecule has 0 bridgehead atoms. The summed E-state index contributed by atoms with van der Waals surface area (Å²) in [5.41, 5.74) is 2.24. The molecule has 118 valence electrons. The number of rotatable bonds is 2. The highest BCUT2D eigenvalue weighted by Crippen LogP contribution is 2.29. The minimum atomic E-state index is -0.631. The van der Waals surface area contributed by atoms with Gasteiger partial charge in [-0.25, -0.2) is 0 Å². The van der Waals surface area contributed by atoms with E-state index in [0.29, 0.717) is 23.7 Å². The van der Waals surface area contributed by atoms with Gasteiger partial charge in [0.05, 0.1) is 10.6 Å². The van der Waals surface area contributed by atoms with Crippen molar-refractivity contribution in [1.29, 1.82) is 0 Å². The van der Waals surface area contributed by atoms with Crippen molar-refractivity contribution in [1.82, 2.24) is 10.2 Å². The molecule has 1 atom stereocenters. The Balaban J connectivity index is 2.02. The largest absolute Gasteiger partial charge is 0.352 e. The molecule has 1 aliphatic heterocycles. The summed E-state index contributed by atoms with van der Waals surface area (Å²) in [6.07, 6.45) is 0. The number of benzene rings is 2. The van der Waals surface area contributed by atoms with Crippen LogP contribution in [0.3, 0.4) is 0 Å². The van der Waals surface area contributed by atoms with Crippen LogP contribution in [0.5, 0.6) is 0 Å². The van der Waals surface area contributed by atoms with Crippen LogP contribution < -0.4 is 5.32 Å². The summed E-state index contributed by atoms with van der Waals surface area (Å²) in [5.74, 6) is -0.385. The van der Waals surface area contributed by atoms with Gasteiger partial charge in [0.15, 0.2) is 0 Å². The molecule has 1 fully saturated rings. The standard InChI is InChI=1S/C18H17ClN2O2/c1-12-6-2-3-7-13(12)16-17(22)20-10-11-21(16)18(23)14-8-4-5-9-15(14)19/h2-9,16H,10-11H2,1H3,(H,20,22). The number of hydrogen-bond donors (Lipinski definition) is 1. The van der Waals surface area contributed by atoms with Crippen LogP contribution >= 0.6 is 11.6 Å². The highest BCUT2D eigenvalue weighted by atomic mass is 35.5. The van der Waals surface area contributed by atoms with Crippen LogP contribution in [-0.4, -0.2) is 29.8 Å². The first-order chi connectivity index (χ1) is 11.1. The third kappa shape index (κ3) is 2.94. The molecule has 2 amide bonds. The number of carbonyl (C=O) groups excluding carboxylic acids is 2. The van der Waals surface area contributed by atoms with Gasteiger partial charge >= 0.3 is 0 Å². The van der Waals surface area contributed by atoms with Gasteiger partial charge in [0.25, 0.3) is 5.91 Å². The van der Waals surface area contributed by atoms with E-state index >= 15 is 0 Å². The Morgan fingerprint density at radius 1 is 1.17 bits per heavy atom. The zero-order chi connectivity index (χ0) is 16.4. The summed E-state index contributed by atoms with van der Waals surface area (Å²) in [7, 11) is 0. The second-order valence-electron chi connectivity index (χ2n) is 5.53. The second-order valence-corrected chi connectivity index (χ2v) is 5.94. The summed E-state index contributed by atoms with van der Waals surface area (Å²) in [6.45, 7) is 2.83. The number of nitrogens with zero attached hydrogens (tertiary/aromatic N) is 1. The fourth-order valence-electron chi connectivity index (χ4n) is 2.88. The van der Waals surface area contributed by atoms with Crippen LogP contribution in [0.15, 0.2) is 48.5 Å². The lowest BCUT2D eigenvalue weighted by Gasteiger charge is -2.36. The topological polar surface area (TPSA) is 49.4 Å². The first-order valence-electron chi connectivity index (χ1n) is 7.48. The molecule has 4 nitrogen and oxygen atoms in total.